The SMILES string of the molecule is O=C(COc1ccc(Cl)c2sc3ccccc3c(=O)c12)CC(CO)(CO)CO. The summed E-state index contributed by atoms with van der Waals surface area (Å²) in [5.74, 6) is -0.181. The standard InChI is InChI=1S/C20H19ClO6S/c21-14-5-6-15(27-8-12(25)7-20(9-22,10-23)11-24)17-18(26)13-3-1-2-4-16(13)28-19(14)17/h1-6,22-24H,7-11H2. The van der Waals surface area contributed by atoms with Gasteiger partial charge < -0.3 is 20.1 Å². The number of halogens is 1. The van der Waals surface area contributed by atoms with E-state index in [0.29, 0.717) is 20.5 Å². The van der Waals surface area contributed by atoms with Gasteiger partial charge in [0.1, 0.15) is 12.4 Å². The third-order valence-corrected chi connectivity index (χ3v) is 6.24. The third kappa shape index (κ3) is 3.90. The number of hydrogen-bond acceptors (Lipinski definition) is 7. The van der Waals surface area contributed by atoms with Crippen LogP contribution in [0.25, 0.3) is 20.2 Å². The van der Waals surface area contributed by atoms with Crippen molar-refractivity contribution >= 4 is 48.9 Å². The highest BCUT2D eigenvalue weighted by molar-refractivity contribution is 7.25. The summed E-state index contributed by atoms with van der Waals surface area (Å²) in [7, 11) is 0. The average Bonchev–Trinajstić information content (AvgIpc) is 2.72. The van der Waals surface area contributed by atoms with Crippen LogP contribution in [0.5, 0.6) is 5.75 Å². The first-order valence-corrected chi connectivity index (χ1v) is 9.75. The van der Waals surface area contributed by atoms with E-state index in [4.69, 9.17) is 16.3 Å². The number of hydrogen-bond donors (Lipinski definition) is 3. The number of aliphatic hydroxyl groups is 3. The molecule has 0 amide bonds. The van der Waals surface area contributed by atoms with Crippen molar-refractivity contribution in [1.82, 2.24) is 0 Å². The zero-order chi connectivity index (χ0) is 20.3. The smallest absolute Gasteiger partial charge is 0.199 e. The van der Waals surface area contributed by atoms with E-state index in [1.165, 1.54) is 17.4 Å². The van der Waals surface area contributed by atoms with E-state index in [1.807, 2.05) is 12.1 Å². The lowest BCUT2D eigenvalue weighted by molar-refractivity contribution is -0.126. The summed E-state index contributed by atoms with van der Waals surface area (Å²) in [5, 5.41) is 29.3. The molecule has 1 heterocycles. The minimum atomic E-state index is -1.30. The number of fused-ring (bicyclic) bond motifs is 2. The molecular formula is C20H19ClO6S. The summed E-state index contributed by atoms with van der Waals surface area (Å²) in [6.07, 6.45) is -0.252. The molecule has 3 N–H and O–H groups in total. The van der Waals surface area contributed by atoms with Crippen molar-refractivity contribution in [3.05, 3.63) is 51.6 Å². The zero-order valence-electron chi connectivity index (χ0n) is 14.9. The molecule has 8 heteroatoms. The second kappa shape index (κ2) is 8.55. The Balaban J connectivity index is 1.94. The van der Waals surface area contributed by atoms with Crippen LogP contribution >= 0.6 is 22.9 Å². The fraction of sp³-hybridized carbons (Fsp3) is 0.300. The summed E-state index contributed by atoms with van der Waals surface area (Å²) >= 11 is 7.64. The Morgan fingerprint density at radius 3 is 2.43 bits per heavy atom. The maximum Gasteiger partial charge on any atom is 0.199 e. The van der Waals surface area contributed by atoms with Crippen molar-refractivity contribution in [3.8, 4) is 5.75 Å². The van der Waals surface area contributed by atoms with Crippen LogP contribution in [0, 0.1) is 5.41 Å². The molecule has 0 spiro atoms. The highest BCUT2D eigenvalue weighted by Crippen LogP contribution is 2.35. The fourth-order valence-corrected chi connectivity index (χ4v) is 4.28. The van der Waals surface area contributed by atoms with Crippen LogP contribution in [-0.4, -0.2) is 47.5 Å². The van der Waals surface area contributed by atoms with Crippen molar-refractivity contribution in [3.63, 3.8) is 0 Å². The third-order valence-electron chi connectivity index (χ3n) is 4.61. The molecule has 0 fully saturated rings. The first-order valence-electron chi connectivity index (χ1n) is 8.56. The van der Waals surface area contributed by atoms with Gasteiger partial charge in [-0.2, -0.15) is 0 Å². The van der Waals surface area contributed by atoms with Crippen molar-refractivity contribution in [1.29, 1.82) is 0 Å². The van der Waals surface area contributed by atoms with E-state index in [2.05, 4.69) is 0 Å². The van der Waals surface area contributed by atoms with E-state index < -0.39 is 31.0 Å². The molecule has 0 radical (unpaired) electrons. The summed E-state index contributed by atoms with van der Waals surface area (Å²) in [6, 6.07) is 10.3. The summed E-state index contributed by atoms with van der Waals surface area (Å²) < 4.78 is 6.97. The molecule has 0 unspecified atom stereocenters. The number of aliphatic hydroxyl groups excluding tert-OH is 3. The largest absolute Gasteiger partial charge is 0.485 e. The molecule has 0 atom stereocenters. The normalized spacial score (nSPS) is 11.9. The molecule has 3 aromatic rings. The molecule has 1 aromatic heterocycles. The van der Waals surface area contributed by atoms with E-state index in [9.17, 15) is 24.9 Å². The molecule has 0 bridgehead atoms. The highest BCUT2D eigenvalue weighted by Gasteiger charge is 2.31. The van der Waals surface area contributed by atoms with E-state index in [1.54, 1.807) is 18.2 Å². The molecule has 0 aliphatic heterocycles. The summed E-state index contributed by atoms with van der Waals surface area (Å²) in [4.78, 5) is 25.2. The van der Waals surface area contributed by atoms with Crippen molar-refractivity contribution in [2.75, 3.05) is 26.4 Å². The van der Waals surface area contributed by atoms with Gasteiger partial charge in [-0.3, -0.25) is 9.59 Å². The summed E-state index contributed by atoms with van der Waals surface area (Å²) in [5.41, 5.74) is -1.53. The van der Waals surface area contributed by atoms with Gasteiger partial charge in [0.15, 0.2) is 11.2 Å². The first kappa shape index (κ1) is 20.7. The monoisotopic (exact) mass is 422 g/mol. The number of ether oxygens (including phenoxy) is 1. The lowest BCUT2D eigenvalue weighted by Crippen LogP contribution is -2.37. The van der Waals surface area contributed by atoms with Crippen LogP contribution in [0.1, 0.15) is 6.42 Å². The minimum Gasteiger partial charge on any atom is -0.485 e. The average molecular weight is 423 g/mol. The van der Waals surface area contributed by atoms with Crippen molar-refractivity contribution in [2.45, 2.75) is 6.42 Å². The molecule has 0 aliphatic rings. The van der Waals surface area contributed by atoms with Gasteiger partial charge in [-0.05, 0) is 24.3 Å². The van der Waals surface area contributed by atoms with Crippen molar-refractivity contribution < 1.29 is 24.9 Å². The van der Waals surface area contributed by atoms with Gasteiger partial charge in [0.05, 0.1) is 34.9 Å². The van der Waals surface area contributed by atoms with Crippen LogP contribution in [0.15, 0.2) is 41.2 Å². The Kier molecular flexibility index (Phi) is 6.32. The van der Waals surface area contributed by atoms with Crippen LogP contribution in [0.2, 0.25) is 5.02 Å². The second-order valence-corrected chi connectivity index (χ2v) is 8.11. The number of rotatable bonds is 8. The number of carbonyl (C=O) groups excluding carboxylic acids is 1. The van der Waals surface area contributed by atoms with Gasteiger partial charge in [0, 0.05) is 21.9 Å². The molecule has 6 nitrogen and oxygen atoms in total. The van der Waals surface area contributed by atoms with E-state index >= 15 is 0 Å². The molecule has 3 rings (SSSR count). The number of Topliss-reactive ketones (excluding diaryl/α,β-unsaturated/α-hetero) is 1. The molecule has 148 valence electrons. The van der Waals surface area contributed by atoms with Gasteiger partial charge in [-0.15, -0.1) is 11.3 Å². The number of ketones is 1. The summed E-state index contributed by atoms with van der Waals surface area (Å²) in [6.45, 7) is -1.97. The topological polar surface area (TPSA) is 104 Å². The van der Waals surface area contributed by atoms with Crippen LogP contribution in [-0.2, 0) is 4.79 Å². The zero-order valence-corrected chi connectivity index (χ0v) is 16.4. The fourth-order valence-electron chi connectivity index (χ4n) is 2.91. The Bertz CT molecular complexity index is 1070. The predicted molar refractivity (Wildman–Crippen MR) is 109 cm³/mol. The van der Waals surface area contributed by atoms with Crippen LogP contribution < -0.4 is 10.2 Å². The minimum absolute atomic E-state index is 0.232. The van der Waals surface area contributed by atoms with Gasteiger partial charge >= 0.3 is 0 Å². The number of benzene rings is 2. The molecule has 28 heavy (non-hydrogen) atoms. The van der Waals surface area contributed by atoms with Gasteiger partial charge in [-0.1, -0.05) is 23.7 Å². The molecular weight excluding hydrogens is 404 g/mol. The van der Waals surface area contributed by atoms with Gasteiger partial charge in [0.2, 0.25) is 0 Å². The highest BCUT2D eigenvalue weighted by atomic mass is 35.5. The predicted octanol–water partition coefficient (Wildman–Crippen LogP) is 2.37. The van der Waals surface area contributed by atoms with Crippen LogP contribution in [0.4, 0.5) is 0 Å². The molecule has 0 saturated heterocycles. The molecule has 0 saturated carbocycles. The number of carbonyl (C=O) groups is 1. The Morgan fingerprint density at radius 2 is 1.75 bits per heavy atom. The van der Waals surface area contributed by atoms with Gasteiger partial charge in [0.25, 0.3) is 0 Å². The first-order chi connectivity index (χ1) is 13.4. The molecule has 2 aromatic carbocycles. The lowest BCUT2D eigenvalue weighted by atomic mass is 9.85. The Labute approximate surface area is 169 Å². The second-order valence-electron chi connectivity index (χ2n) is 6.66. The van der Waals surface area contributed by atoms with Gasteiger partial charge in [-0.25, -0.2) is 0 Å². The molecule has 0 aliphatic carbocycles. The van der Waals surface area contributed by atoms with Crippen LogP contribution in [0.3, 0.4) is 0 Å². The van der Waals surface area contributed by atoms with E-state index in [-0.39, 0.29) is 24.2 Å². The van der Waals surface area contributed by atoms with Crippen molar-refractivity contribution in [2.24, 2.45) is 5.41 Å². The quantitative estimate of drug-likeness (QED) is 0.481. The Hall–Kier alpha value is -2.03. The maximum absolute atomic E-state index is 13.0. The maximum atomic E-state index is 13.0. The van der Waals surface area contributed by atoms with E-state index in [0.717, 1.165) is 4.70 Å². The lowest BCUT2D eigenvalue weighted by Gasteiger charge is -2.26. The Morgan fingerprint density at radius 1 is 1.07 bits per heavy atom.